The first-order valence-electron chi connectivity index (χ1n) is 6.54. The van der Waals surface area contributed by atoms with Crippen LogP contribution in [0.4, 0.5) is 8.78 Å². The molecule has 0 aliphatic rings. The molecule has 21 heavy (non-hydrogen) atoms. The van der Waals surface area contributed by atoms with Gasteiger partial charge in [-0.05, 0) is 32.0 Å². The average Bonchev–Trinajstić information content (AvgIpc) is 2.40. The molecule has 0 aliphatic heterocycles. The molecule has 7 heteroatoms. The van der Waals surface area contributed by atoms with Crippen LogP contribution in [0.1, 0.15) is 19.4 Å². The molecule has 1 aromatic rings. The van der Waals surface area contributed by atoms with Crippen LogP contribution in [-0.2, 0) is 11.3 Å². The van der Waals surface area contributed by atoms with Crippen LogP contribution in [0, 0.1) is 11.6 Å². The highest BCUT2D eigenvalue weighted by Crippen LogP contribution is 2.10. The minimum absolute atomic E-state index is 0. The number of nitrogens with one attached hydrogen (secondary N) is 2. The lowest BCUT2D eigenvalue weighted by atomic mass is 10.2. The van der Waals surface area contributed by atoms with Crippen molar-refractivity contribution in [2.75, 3.05) is 20.3 Å². The lowest BCUT2D eigenvalue weighted by Gasteiger charge is -2.17. The van der Waals surface area contributed by atoms with Crippen molar-refractivity contribution in [3.8, 4) is 0 Å². The van der Waals surface area contributed by atoms with Gasteiger partial charge in [0.15, 0.2) is 5.96 Å². The van der Waals surface area contributed by atoms with Gasteiger partial charge < -0.3 is 15.4 Å². The molecule has 1 atom stereocenters. The van der Waals surface area contributed by atoms with Gasteiger partial charge in [-0.3, -0.25) is 0 Å². The number of hydrogen-bond donors (Lipinski definition) is 2. The van der Waals surface area contributed by atoms with E-state index >= 15 is 0 Å². The van der Waals surface area contributed by atoms with Crippen LogP contribution in [0.15, 0.2) is 23.2 Å². The Bertz CT molecular complexity index is 458. The summed E-state index contributed by atoms with van der Waals surface area (Å²) in [5, 5.41) is 6.16. The zero-order valence-corrected chi connectivity index (χ0v) is 14.8. The minimum Gasteiger partial charge on any atom is -0.383 e. The monoisotopic (exact) mass is 413 g/mol. The normalized spacial score (nSPS) is 12.5. The molecule has 0 aromatic heterocycles. The van der Waals surface area contributed by atoms with E-state index in [1.807, 2.05) is 13.8 Å². The number of halogens is 3. The molecule has 0 fully saturated rings. The topological polar surface area (TPSA) is 45.7 Å². The van der Waals surface area contributed by atoms with Crippen LogP contribution in [0.5, 0.6) is 0 Å². The van der Waals surface area contributed by atoms with E-state index in [1.54, 1.807) is 7.11 Å². The molecule has 1 rings (SSSR count). The van der Waals surface area contributed by atoms with Crippen molar-refractivity contribution in [2.24, 2.45) is 4.99 Å². The molecule has 0 saturated heterocycles. The van der Waals surface area contributed by atoms with E-state index in [2.05, 4.69) is 15.6 Å². The molecular weight excluding hydrogens is 391 g/mol. The predicted octanol–water partition coefficient (Wildman–Crippen LogP) is 2.67. The van der Waals surface area contributed by atoms with Crippen LogP contribution in [0.2, 0.25) is 0 Å². The van der Waals surface area contributed by atoms with Gasteiger partial charge in [0.25, 0.3) is 0 Å². The van der Waals surface area contributed by atoms with E-state index in [0.29, 0.717) is 19.1 Å². The zero-order chi connectivity index (χ0) is 15.0. The number of hydrogen-bond acceptors (Lipinski definition) is 2. The molecule has 0 bridgehead atoms. The van der Waals surface area contributed by atoms with Crippen LogP contribution in [-0.4, -0.2) is 32.3 Å². The van der Waals surface area contributed by atoms with Crippen molar-refractivity contribution in [1.29, 1.82) is 0 Å². The van der Waals surface area contributed by atoms with Gasteiger partial charge >= 0.3 is 0 Å². The highest BCUT2D eigenvalue weighted by molar-refractivity contribution is 14.0. The maximum atomic E-state index is 13.5. The number of benzene rings is 1. The molecule has 1 unspecified atom stereocenters. The van der Waals surface area contributed by atoms with Gasteiger partial charge in [0.2, 0.25) is 0 Å². The molecule has 4 nitrogen and oxygen atoms in total. The summed E-state index contributed by atoms with van der Waals surface area (Å²) in [5.41, 5.74) is 0.224. The minimum atomic E-state index is -0.470. The maximum absolute atomic E-state index is 13.5. The summed E-state index contributed by atoms with van der Waals surface area (Å²) in [5.74, 6) is -0.390. The average molecular weight is 413 g/mol. The van der Waals surface area contributed by atoms with Gasteiger partial charge in [0, 0.05) is 25.3 Å². The third-order valence-electron chi connectivity index (χ3n) is 2.56. The second kappa shape index (κ2) is 10.7. The first kappa shape index (κ1) is 20.0. The summed E-state index contributed by atoms with van der Waals surface area (Å²) >= 11 is 0. The summed E-state index contributed by atoms with van der Waals surface area (Å²) in [6.07, 6.45) is 0. The largest absolute Gasteiger partial charge is 0.383 e. The molecular formula is C14H22F2IN3O. The number of aliphatic imine (C=N–C) groups is 1. The predicted molar refractivity (Wildman–Crippen MR) is 91.1 cm³/mol. The maximum Gasteiger partial charge on any atom is 0.191 e. The second-order valence-corrected chi connectivity index (χ2v) is 4.43. The summed E-state index contributed by atoms with van der Waals surface area (Å²) in [6.45, 7) is 5.15. The van der Waals surface area contributed by atoms with E-state index in [1.165, 1.54) is 0 Å². The lowest BCUT2D eigenvalue weighted by Crippen LogP contribution is -2.43. The molecule has 0 spiro atoms. The molecule has 1 aromatic carbocycles. The smallest absolute Gasteiger partial charge is 0.191 e. The molecule has 0 saturated carbocycles. The number of rotatable bonds is 6. The Kier molecular flexibility index (Phi) is 10.2. The number of ether oxygens (including phenoxy) is 1. The van der Waals surface area contributed by atoms with Crippen molar-refractivity contribution in [3.05, 3.63) is 35.4 Å². The Hall–Kier alpha value is -0.960. The molecule has 0 radical (unpaired) electrons. The summed E-state index contributed by atoms with van der Waals surface area (Å²) in [6, 6.07) is 3.41. The van der Waals surface area contributed by atoms with Gasteiger partial charge in [0.1, 0.15) is 11.6 Å². The standard InChI is InChI=1S/C14H21F2N3O.HI/c1-4-17-14(19-10(2)9-20-3)18-8-11-7-12(15)5-6-13(11)16;/h5-7,10H,4,8-9H2,1-3H3,(H2,17,18,19);1H. The number of guanidine groups is 1. The van der Waals surface area contributed by atoms with Crippen molar-refractivity contribution >= 4 is 29.9 Å². The SMILES string of the molecule is CCNC(=NCc1cc(F)ccc1F)NC(C)COC.I. The van der Waals surface area contributed by atoms with Crippen molar-refractivity contribution in [3.63, 3.8) is 0 Å². The van der Waals surface area contributed by atoms with Gasteiger partial charge in [-0.1, -0.05) is 0 Å². The zero-order valence-electron chi connectivity index (χ0n) is 12.5. The van der Waals surface area contributed by atoms with Gasteiger partial charge in [-0.2, -0.15) is 0 Å². The van der Waals surface area contributed by atoms with Crippen molar-refractivity contribution < 1.29 is 13.5 Å². The Labute approximate surface area is 141 Å². The second-order valence-electron chi connectivity index (χ2n) is 4.43. The third-order valence-corrected chi connectivity index (χ3v) is 2.56. The highest BCUT2D eigenvalue weighted by atomic mass is 127. The van der Waals surface area contributed by atoms with Crippen LogP contribution in [0.25, 0.3) is 0 Å². The Morgan fingerprint density at radius 3 is 2.71 bits per heavy atom. The molecule has 2 N–H and O–H groups in total. The molecule has 120 valence electrons. The highest BCUT2D eigenvalue weighted by Gasteiger charge is 2.06. The van der Waals surface area contributed by atoms with E-state index in [4.69, 9.17) is 4.74 Å². The lowest BCUT2D eigenvalue weighted by molar-refractivity contribution is 0.179. The van der Waals surface area contributed by atoms with Gasteiger partial charge in [0.05, 0.1) is 13.2 Å². The molecule has 0 aliphatic carbocycles. The van der Waals surface area contributed by atoms with E-state index in [0.717, 1.165) is 18.2 Å². The van der Waals surface area contributed by atoms with E-state index < -0.39 is 11.6 Å². The van der Waals surface area contributed by atoms with Crippen LogP contribution < -0.4 is 10.6 Å². The molecule has 0 amide bonds. The van der Waals surface area contributed by atoms with Crippen molar-refractivity contribution in [2.45, 2.75) is 26.4 Å². The number of nitrogens with zero attached hydrogens (tertiary/aromatic N) is 1. The van der Waals surface area contributed by atoms with Crippen LogP contribution in [0.3, 0.4) is 0 Å². The van der Waals surface area contributed by atoms with Crippen LogP contribution >= 0.6 is 24.0 Å². The third kappa shape index (κ3) is 7.56. The molecule has 0 heterocycles. The number of methoxy groups -OCH3 is 1. The first-order chi connectivity index (χ1) is 9.56. The Morgan fingerprint density at radius 1 is 1.38 bits per heavy atom. The van der Waals surface area contributed by atoms with Gasteiger partial charge in [-0.25, -0.2) is 13.8 Å². The first-order valence-corrected chi connectivity index (χ1v) is 6.54. The fourth-order valence-corrected chi connectivity index (χ4v) is 1.67. The van der Waals surface area contributed by atoms with Gasteiger partial charge in [-0.15, -0.1) is 24.0 Å². The Morgan fingerprint density at radius 2 is 2.10 bits per heavy atom. The quantitative estimate of drug-likeness (QED) is 0.428. The van der Waals surface area contributed by atoms with Crippen molar-refractivity contribution in [1.82, 2.24) is 10.6 Å². The fourth-order valence-electron chi connectivity index (χ4n) is 1.67. The Balaban J connectivity index is 0.00000400. The van der Waals surface area contributed by atoms with E-state index in [9.17, 15) is 8.78 Å². The summed E-state index contributed by atoms with van der Waals surface area (Å²) in [7, 11) is 1.62. The summed E-state index contributed by atoms with van der Waals surface area (Å²) in [4.78, 5) is 4.24. The summed E-state index contributed by atoms with van der Waals surface area (Å²) < 4.78 is 31.6. The fraction of sp³-hybridized carbons (Fsp3) is 0.500. The van der Waals surface area contributed by atoms with E-state index in [-0.39, 0.29) is 42.1 Å².